The molecule has 32 heavy (non-hydrogen) atoms. The van der Waals surface area contributed by atoms with Gasteiger partial charge in [0.15, 0.2) is 11.0 Å². The van der Waals surface area contributed by atoms with Crippen LogP contribution in [0.4, 0.5) is 0 Å². The molecule has 4 rings (SSSR count). The second-order valence-corrected chi connectivity index (χ2v) is 9.27. The van der Waals surface area contributed by atoms with Gasteiger partial charge in [-0.05, 0) is 54.8 Å². The van der Waals surface area contributed by atoms with E-state index in [2.05, 4.69) is 15.5 Å². The zero-order valence-electron chi connectivity index (χ0n) is 17.5. The molecule has 1 amide bonds. The van der Waals surface area contributed by atoms with E-state index in [9.17, 15) is 4.79 Å². The molecule has 4 aromatic rings. The monoisotopic (exact) mass is 484 g/mol. The molecule has 164 valence electrons. The molecule has 2 heterocycles. The van der Waals surface area contributed by atoms with E-state index >= 15 is 0 Å². The Kier molecular flexibility index (Phi) is 7.14. The summed E-state index contributed by atoms with van der Waals surface area (Å²) in [6.07, 6.45) is 0. The maximum atomic E-state index is 12.6. The third-order valence-corrected chi connectivity index (χ3v) is 6.98. The van der Waals surface area contributed by atoms with Gasteiger partial charge >= 0.3 is 0 Å². The van der Waals surface area contributed by atoms with Gasteiger partial charge in [-0.3, -0.25) is 9.36 Å². The highest BCUT2D eigenvalue weighted by molar-refractivity contribution is 7.99. The van der Waals surface area contributed by atoms with Crippen LogP contribution in [-0.2, 0) is 4.79 Å². The lowest BCUT2D eigenvalue weighted by atomic mass is 10.2. The molecule has 0 aliphatic rings. The Labute approximate surface area is 199 Å². The van der Waals surface area contributed by atoms with Gasteiger partial charge in [0.25, 0.3) is 0 Å². The number of thioether (sulfide) groups is 1. The Hall–Kier alpha value is -2.81. The summed E-state index contributed by atoms with van der Waals surface area (Å²) in [5.41, 5.74) is 1.65. The van der Waals surface area contributed by atoms with E-state index < -0.39 is 0 Å². The summed E-state index contributed by atoms with van der Waals surface area (Å²) in [7, 11) is 1.62. The number of ether oxygens (including phenoxy) is 1. The van der Waals surface area contributed by atoms with Crippen LogP contribution in [0.25, 0.3) is 17.1 Å². The molecule has 2 aromatic heterocycles. The van der Waals surface area contributed by atoms with Crippen molar-refractivity contribution < 1.29 is 9.53 Å². The zero-order valence-corrected chi connectivity index (χ0v) is 19.9. The third-order valence-electron chi connectivity index (χ3n) is 4.75. The normalized spacial score (nSPS) is 11.8. The Morgan fingerprint density at radius 2 is 1.94 bits per heavy atom. The number of hydrogen-bond donors (Lipinski definition) is 1. The van der Waals surface area contributed by atoms with Gasteiger partial charge in [0.1, 0.15) is 5.75 Å². The minimum Gasteiger partial charge on any atom is -0.496 e. The maximum Gasteiger partial charge on any atom is 0.230 e. The number of para-hydroxylation sites is 1. The molecule has 2 aromatic carbocycles. The lowest BCUT2D eigenvalue weighted by Crippen LogP contribution is -2.27. The van der Waals surface area contributed by atoms with Crippen LogP contribution in [-0.4, -0.2) is 33.5 Å². The van der Waals surface area contributed by atoms with Crippen LogP contribution in [0.15, 0.2) is 71.2 Å². The van der Waals surface area contributed by atoms with Crippen LogP contribution >= 0.6 is 34.7 Å². The topological polar surface area (TPSA) is 69.0 Å². The number of benzene rings is 2. The number of nitrogens with one attached hydrogen (secondary N) is 1. The summed E-state index contributed by atoms with van der Waals surface area (Å²) in [6, 6.07) is 19.0. The number of thiophene rings is 1. The number of carbonyl (C=O) groups excluding carboxylic acids is 1. The van der Waals surface area contributed by atoms with Gasteiger partial charge in [-0.2, -0.15) is 0 Å². The van der Waals surface area contributed by atoms with E-state index in [1.807, 2.05) is 77.5 Å². The lowest BCUT2D eigenvalue weighted by molar-refractivity contribution is -0.119. The van der Waals surface area contributed by atoms with Gasteiger partial charge in [-0.15, -0.1) is 21.5 Å². The number of amides is 1. The Morgan fingerprint density at radius 3 is 2.66 bits per heavy atom. The van der Waals surface area contributed by atoms with E-state index in [1.54, 1.807) is 18.4 Å². The van der Waals surface area contributed by atoms with Crippen LogP contribution in [0.1, 0.15) is 17.8 Å². The first-order chi connectivity index (χ1) is 15.6. The fourth-order valence-electron chi connectivity index (χ4n) is 3.21. The summed E-state index contributed by atoms with van der Waals surface area (Å²) in [5, 5.41) is 15.1. The maximum absolute atomic E-state index is 12.6. The summed E-state index contributed by atoms with van der Waals surface area (Å²) >= 11 is 9.04. The zero-order chi connectivity index (χ0) is 22.5. The molecule has 0 fully saturated rings. The van der Waals surface area contributed by atoms with Crippen molar-refractivity contribution in [1.82, 2.24) is 20.1 Å². The average molecular weight is 485 g/mol. The molecule has 0 spiro atoms. The molecule has 9 heteroatoms. The van der Waals surface area contributed by atoms with Gasteiger partial charge < -0.3 is 10.1 Å². The van der Waals surface area contributed by atoms with Crippen LogP contribution in [0.3, 0.4) is 0 Å². The fourth-order valence-corrected chi connectivity index (χ4v) is 4.84. The van der Waals surface area contributed by atoms with E-state index in [1.165, 1.54) is 11.8 Å². The quantitative estimate of drug-likeness (QED) is 0.328. The van der Waals surface area contributed by atoms with E-state index in [0.29, 0.717) is 21.8 Å². The molecule has 0 aliphatic carbocycles. The number of halogens is 1. The number of hydrogen-bond acceptors (Lipinski definition) is 6. The number of nitrogens with zero attached hydrogens (tertiary/aromatic N) is 3. The van der Waals surface area contributed by atoms with Crippen molar-refractivity contribution >= 4 is 40.6 Å². The summed E-state index contributed by atoms with van der Waals surface area (Å²) < 4.78 is 7.44. The summed E-state index contributed by atoms with van der Waals surface area (Å²) in [6.45, 7) is 1.98. The second kappa shape index (κ2) is 10.2. The molecule has 0 radical (unpaired) electrons. The van der Waals surface area contributed by atoms with Crippen LogP contribution < -0.4 is 10.1 Å². The second-order valence-electron chi connectivity index (χ2n) is 6.91. The minimum absolute atomic E-state index is 0.0404. The number of carbonyl (C=O) groups is 1. The van der Waals surface area contributed by atoms with Crippen molar-refractivity contribution in [1.29, 1.82) is 0 Å². The Morgan fingerprint density at radius 1 is 1.16 bits per heavy atom. The third kappa shape index (κ3) is 4.98. The average Bonchev–Trinajstić information content (AvgIpc) is 3.49. The first kappa shape index (κ1) is 22.4. The molecule has 0 aliphatic heterocycles. The summed E-state index contributed by atoms with van der Waals surface area (Å²) in [5.74, 6) is 1.46. The molecule has 1 N–H and O–H groups in total. The van der Waals surface area contributed by atoms with Crippen LogP contribution in [0, 0.1) is 0 Å². The van der Waals surface area contributed by atoms with Gasteiger partial charge in [-0.25, -0.2) is 0 Å². The highest BCUT2D eigenvalue weighted by Gasteiger charge is 2.20. The molecular weight excluding hydrogens is 464 g/mol. The van der Waals surface area contributed by atoms with Crippen molar-refractivity contribution in [3.63, 3.8) is 0 Å². The number of aromatic nitrogens is 3. The van der Waals surface area contributed by atoms with Gasteiger partial charge in [0, 0.05) is 15.6 Å². The standard InChI is InChI=1S/C23H21ClN4O2S2/c1-15(20-8-5-13-31-20)25-21(29)14-32-23-27-26-22(18-6-3-4-7-19(18)30-2)28(23)17-11-9-16(24)10-12-17/h3-13,15H,14H2,1-2H3,(H,25,29). The molecule has 6 nitrogen and oxygen atoms in total. The van der Waals surface area contributed by atoms with Gasteiger partial charge in [0.05, 0.1) is 24.5 Å². The minimum atomic E-state index is -0.0691. The lowest BCUT2D eigenvalue weighted by Gasteiger charge is -2.14. The predicted octanol–water partition coefficient (Wildman–Crippen LogP) is 5.63. The smallest absolute Gasteiger partial charge is 0.230 e. The van der Waals surface area contributed by atoms with Crippen molar-refractivity contribution in [2.45, 2.75) is 18.1 Å². The fraction of sp³-hybridized carbons (Fsp3) is 0.174. The van der Waals surface area contributed by atoms with Gasteiger partial charge in [-0.1, -0.05) is 41.6 Å². The number of rotatable bonds is 8. The van der Waals surface area contributed by atoms with Crippen molar-refractivity contribution in [2.24, 2.45) is 0 Å². The molecule has 1 atom stereocenters. The van der Waals surface area contributed by atoms with Crippen molar-refractivity contribution in [2.75, 3.05) is 12.9 Å². The molecular formula is C23H21ClN4O2S2. The first-order valence-electron chi connectivity index (χ1n) is 9.87. The molecule has 0 bridgehead atoms. The molecule has 0 saturated heterocycles. The largest absolute Gasteiger partial charge is 0.496 e. The molecule has 1 unspecified atom stereocenters. The van der Waals surface area contributed by atoms with E-state index in [4.69, 9.17) is 16.3 Å². The Bertz CT molecular complexity index is 1190. The van der Waals surface area contributed by atoms with Crippen molar-refractivity contribution in [3.05, 3.63) is 75.9 Å². The Balaban J connectivity index is 1.61. The highest BCUT2D eigenvalue weighted by atomic mass is 35.5. The first-order valence-corrected chi connectivity index (χ1v) is 12.1. The van der Waals surface area contributed by atoms with Crippen LogP contribution in [0.2, 0.25) is 5.02 Å². The molecule has 0 saturated carbocycles. The number of methoxy groups -OCH3 is 1. The van der Waals surface area contributed by atoms with Crippen LogP contribution in [0.5, 0.6) is 5.75 Å². The van der Waals surface area contributed by atoms with E-state index in [-0.39, 0.29) is 17.7 Å². The highest BCUT2D eigenvalue weighted by Crippen LogP contribution is 2.33. The SMILES string of the molecule is COc1ccccc1-c1nnc(SCC(=O)NC(C)c2cccs2)n1-c1ccc(Cl)cc1. The van der Waals surface area contributed by atoms with E-state index in [0.717, 1.165) is 16.1 Å². The summed E-state index contributed by atoms with van der Waals surface area (Å²) in [4.78, 5) is 13.7. The van der Waals surface area contributed by atoms with Crippen molar-refractivity contribution in [3.8, 4) is 22.8 Å². The predicted molar refractivity (Wildman–Crippen MR) is 130 cm³/mol. The van der Waals surface area contributed by atoms with Gasteiger partial charge in [0.2, 0.25) is 5.91 Å².